The van der Waals surface area contributed by atoms with Crippen LogP contribution in [-0.2, 0) is 9.84 Å². The molecule has 1 aromatic carbocycles. The standard InChI is InChI=1S/C13H19Cl2NO3S/c1-4-5-16-12(8-20(3,17)18)9-6-11(15)13(19-2)7-10(9)14/h6-7,12,16H,4-5,8H2,1-3H3. The van der Waals surface area contributed by atoms with Crippen molar-refractivity contribution in [3.8, 4) is 5.75 Å². The van der Waals surface area contributed by atoms with Crippen LogP contribution in [0.3, 0.4) is 0 Å². The van der Waals surface area contributed by atoms with Crippen molar-refractivity contribution in [1.29, 1.82) is 0 Å². The first kappa shape index (κ1) is 17.6. The van der Waals surface area contributed by atoms with E-state index < -0.39 is 9.84 Å². The number of nitrogens with one attached hydrogen (secondary N) is 1. The Bertz CT molecular complexity index is 561. The molecule has 0 saturated heterocycles. The van der Waals surface area contributed by atoms with Gasteiger partial charge in [0.1, 0.15) is 15.6 Å². The Labute approximate surface area is 130 Å². The molecule has 0 aliphatic heterocycles. The van der Waals surface area contributed by atoms with Crippen LogP contribution in [0.25, 0.3) is 0 Å². The van der Waals surface area contributed by atoms with Gasteiger partial charge in [-0.25, -0.2) is 8.42 Å². The summed E-state index contributed by atoms with van der Waals surface area (Å²) >= 11 is 12.3. The lowest BCUT2D eigenvalue weighted by Crippen LogP contribution is -2.28. The zero-order chi connectivity index (χ0) is 15.3. The first-order chi connectivity index (χ1) is 9.28. The summed E-state index contributed by atoms with van der Waals surface area (Å²) in [5, 5.41) is 4.02. The summed E-state index contributed by atoms with van der Waals surface area (Å²) < 4.78 is 28.2. The van der Waals surface area contributed by atoms with Gasteiger partial charge in [-0.05, 0) is 24.6 Å². The van der Waals surface area contributed by atoms with Crippen LogP contribution in [0.5, 0.6) is 5.75 Å². The van der Waals surface area contributed by atoms with E-state index in [4.69, 9.17) is 27.9 Å². The molecule has 0 saturated carbocycles. The molecule has 1 aromatic rings. The van der Waals surface area contributed by atoms with Crippen molar-refractivity contribution in [3.05, 3.63) is 27.7 Å². The minimum atomic E-state index is -3.14. The second-order valence-corrected chi connectivity index (χ2v) is 7.61. The fourth-order valence-electron chi connectivity index (χ4n) is 1.85. The molecule has 0 spiro atoms. The highest BCUT2D eigenvalue weighted by Crippen LogP contribution is 2.34. The molecule has 0 aromatic heterocycles. The van der Waals surface area contributed by atoms with Crippen LogP contribution >= 0.6 is 23.2 Å². The molecule has 1 N–H and O–H groups in total. The number of hydrogen-bond donors (Lipinski definition) is 1. The zero-order valence-corrected chi connectivity index (χ0v) is 14.1. The van der Waals surface area contributed by atoms with Crippen LogP contribution in [0.2, 0.25) is 10.0 Å². The summed E-state index contributed by atoms with van der Waals surface area (Å²) in [5.41, 5.74) is 0.663. The number of hydrogen-bond acceptors (Lipinski definition) is 4. The van der Waals surface area contributed by atoms with Gasteiger partial charge in [0.2, 0.25) is 0 Å². The van der Waals surface area contributed by atoms with Gasteiger partial charge < -0.3 is 10.1 Å². The van der Waals surface area contributed by atoms with E-state index in [1.165, 1.54) is 13.4 Å². The van der Waals surface area contributed by atoms with Gasteiger partial charge in [0.25, 0.3) is 0 Å². The largest absolute Gasteiger partial charge is 0.495 e. The fraction of sp³-hybridized carbons (Fsp3) is 0.538. The van der Waals surface area contributed by atoms with Gasteiger partial charge in [-0.1, -0.05) is 30.1 Å². The van der Waals surface area contributed by atoms with E-state index >= 15 is 0 Å². The average molecular weight is 340 g/mol. The Morgan fingerprint density at radius 2 is 1.95 bits per heavy atom. The monoisotopic (exact) mass is 339 g/mol. The van der Waals surface area contributed by atoms with E-state index in [1.54, 1.807) is 12.1 Å². The van der Waals surface area contributed by atoms with Crippen LogP contribution in [-0.4, -0.2) is 34.1 Å². The second-order valence-electron chi connectivity index (χ2n) is 4.61. The van der Waals surface area contributed by atoms with Gasteiger partial charge in [0, 0.05) is 23.4 Å². The Kier molecular flexibility index (Phi) is 6.58. The van der Waals surface area contributed by atoms with Crippen LogP contribution in [0.15, 0.2) is 12.1 Å². The van der Waals surface area contributed by atoms with Gasteiger partial charge in [0.15, 0.2) is 0 Å². The maximum absolute atomic E-state index is 11.6. The maximum Gasteiger partial charge on any atom is 0.149 e. The highest BCUT2D eigenvalue weighted by atomic mass is 35.5. The Balaban J connectivity index is 3.15. The van der Waals surface area contributed by atoms with Crippen molar-refractivity contribution in [2.45, 2.75) is 19.4 Å². The van der Waals surface area contributed by atoms with Gasteiger partial charge >= 0.3 is 0 Å². The molecular formula is C13H19Cl2NO3S. The van der Waals surface area contributed by atoms with Crippen LogP contribution in [0.1, 0.15) is 24.9 Å². The minimum absolute atomic E-state index is 0.0324. The van der Waals surface area contributed by atoms with E-state index in [2.05, 4.69) is 5.32 Å². The van der Waals surface area contributed by atoms with Crippen LogP contribution in [0.4, 0.5) is 0 Å². The smallest absolute Gasteiger partial charge is 0.149 e. The molecule has 0 fully saturated rings. The SMILES string of the molecule is CCCNC(CS(C)(=O)=O)c1cc(Cl)c(OC)cc1Cl. The summed E-state index contributed by atoms with van der Waals surface area (Å²) in [6.45, 7) is 2.70. The molecule has 0 bridgehead atoms. The van der Waals surface area contributed by atoms with Crippen LogP contribution < -0.4 is 10.1 Å². The molecule has 1 rings (SSSR count). The minimum Gasteiger partial charge on any atom is -0.495 e. The molecule has 1 atom stereocenters. The number of halogens is 2. The predicted octanol–water partition coefficient (Wildman–Crippen LogP) is 3.09. The predicted molar refractivity (Wildman–Crippen MR) is 83.8 cm³/mol. The van der Waals surface area contributed by atoms with Crippen molar-refractivity contribution in [3.63, 3.8) is 0 Å². The Hall–Kier alpha value is -0.490. The zero-order valence-electron chi connectivity index (χ0n) is 11.7. The number of rotatable bonds is 7. The van der Waals surface area contributed by atoms with E-state index in [0.29, 0.717) is 27.9 Å². The van der Waals surface area contributed by atoms with Crippen molar-refractivity contribution >= 4 is 33.0 Å². The quantitative estimate of drug-likeness (QED) is 0.829. The molecule has 114 valence electrons. The lowest BCUT2D eigenvalue weighted by Gasteiger charge is -2.20. The van der Waals surface area contributed by atoms with Crippen molar-refractivity contribution in [2.75, 3.05) is 25.7 Å². The van der Waals surface area contributed by atoms with E-state index in [1.807, 2.05) is 6.92 Å². The molecule has 0 aliphatic carbocycles. The van der Waals surface area contributed by atoms with E-state index in [0.717, 1.165) is 6.42 Å². The lowest BCUT2D eigenvalue weighted by atomic mass is 10.1. The third kappa shape index (κ3) is 5.13. The van der Waals surface area contributed by atoms with Crippen LogP contribution in [0, 0.1) is 0 Å². The third-order valence-electron chi connectivity index (χ3n) is 2.76. The first-order valence-electron chi connectivity index (χ1n) is 6.22. The van der Waals surface area contributed by atoms with Gasteiger partial charge in [-0.3, -0.25) is 0 Å². The van der Waals surface area contributed by atoms with Gasteiger partial charge in [-0.15, -0.1) is 0 Å². The summed E-state index contributed by atoms with van der Waals surface area (Å²) in [6.07, 6.45) is 2.09. The average Bonchev–Trinajstić information content (AvgIpc) is 2.35. The summed E-state index contributed by atoms with van der Waals surface area (Å²) in [4.78, 5) is 0. The molecule has 0 aliphatic rings. The number of benzene rings is 1. The normalized spacial score (nSPS) is 13.2. The summed E-state index contributed by atoms with van der Waals surface area (Å²) in [5.74, 6) is 0.434. The van der Waals surface area contributed by atoms with Crippen molar-refractivity contribution in [2.24, 2.45) is 0 Å². The summed E-state index contributed by atoms with van der Waals surface area (Å²) in [6, 6.07) is 2.87. The molecule has 0 radical (unpaired) electrons. The van der Waals surface area contributed by atoms with E-state index in [9.17, 15) is 8.42 Å². The third-order valence-corrected chi connectivity index (χ3v) is 4.32. The van der Waals surface area contributed by atoms with Gasteiger partial charge in [-0.2, -0.15) is 0 Å². The van der Waals surface area contributed by atoms with Crippen molar-refractivity contribution in [1.82, 2.24) is 5.32 Å². The molecule has 0 amide bonds. The first-order valence-corrected chi connectivity index (χ1v) is 9.04. The molecular weight excluding hydrogens is 321 g/mol. The molecule has 20 heavy (non-hydrogen) atoms. The molecule has 7 heteroatoms. The number of methoxy groups -OCH3 is 1. The summed E-state index contributed by atoms with van der Waals surface area (Å²) in [7, 11) is -1.64. The number of ether oxygens (including phenoxy) is 1. The van der Waals surface area contributed by atoms with Gasteiger partial charge in [0.05, 0.1) is 17.9 Å². The highest BCUT2D eigenvalue weighted by molar-refractivity contribution is 7.90. The molecule has 1 unspecified atom stereocenters. The maximum atomic E-state index is 11.6. The second kappa shape index (κ2) is 7.50. The highest BCUT2D eigenvalue weighted by Gasteiger charge is 2.21. The van der Waals surface area contributed by atoms with Crippen molar-refractivity contribution < 1.29 is 13.2 Å². The molecule has 0 heterocycles. The number of sulfone groups is 1. The Morgan fingerprint density at radius 1 is 1.30 bits per heavy atom. The fourth-order valence-corrected chi connectivity index (χ4v) is 3.28. The Morgan fingerprint density at radius 3 is 2.45 bits per heavy atom. The lowest BCUT2D eigenvalue weighted by molar-refractivity contribution is 0.414. The molecule has 4 nitrogen and oxygen atoms in total. The van der Waals surface area contributed by atoms with E-state index in [-0.39, 0.29) is 11.8 Å². The topological polar surface area (TPSA) is 55.4 Å².